The Kier molecular flexibility index (Phi) is 19.3. The zero-order valence-electron chi connectivity index (χ0n) is 21.4. The van der Waals surface area contributed by atoms with Gasteiger partial charge in [0.2, 0.25) is 0 Å². The Morgan fingerprint density at radius 1 is 0.697 bits per heavy atom. The summed E-state index contributed by atoms with van der Waals surface area (Å²) in [5, 5.41) is 2.40. The largest absolute Gasteiger partial charge is 0.466 e. The highest BCUT2D eigenvalue weighted by molar-refractivity contribution is 5.77. The molecule has 33 heavy (non-hydrogen) atoms. The number of allylic oxidation sites excluding steroid dienone is 2. The molecular weight excluding hydrogens is 422 g/mol. The van der Waals surface area contributed by atoms with Gasteiger partial charge in [-0.05, 0) is 59.3 Å². The monoisotopic (exact) mass is 469 g/mol. The van der Waals surface area contributed by atoms with E-state index >= 15 is 0 Å². The molecule has 7 heteroatoms. The van der Waals surface area contributed by atoms with Crippen molar-refractivity contribution in [1.29, 1.82) is 0 Å². The van der Waals surface area contributed by atoms with Crippen LogP contribution in [0.25, 0.3) is 0 Å². The first-order chi connectivity index (χ1) is 15.7. The third-order valence-electron chi connectivity index (χ3n) is 4.79. The van der Waals surface area contributed by atoms with E-state index in [-0.39, 0.29) is 12.5 Å². The lowest BCUT2D eigenvalue weighted by atomic mass is 10.1. The average Bonchev–Trinajstić information content (AvgIpc) is 2.72. The van der Waals surface area contributed by atoms with Crippen molar-refractivity contribution in [2.24, 2.45) is 0 Å². The molecule has 0 radical (unpaired) electrons. The molecule has 0 aromatic rings. The number of hydrogen-bond donors (Lipinski definition) is 1. The summed E-state index contributed by atoms with van der Waals surface area (Å²) in [6, 6.07) is 0. The second-order valence-corrected chi connectivity index (χ2v) is 9.35. The lowest BCUT2D eigenvalue weighted by Crippen LogP contribution is -2.36. The minimum Gasteiger partial charge on any atom is -0.466 e. The summed E-state index contributed by atoms with van der Waals surface area (Å²) < 4.78 is 15.1. The normalized spacial score (nSPS) is 11.4. The Labute approximate surface area is 201 Å². The molecule has 0 saturated heterocycles. The van der Waals surface area contributed by atoms with Crippen LogP contribution < -0.4 is 5.32 Å². The number of hydrogen-bond acceptors (Lipinski definition) is 6. The number of carbonyl (C=O) groups is 3. The minimum atomic E-state index is -0.612. The van der Waals surface area contributed by atoms with Crippen LogP contribution in [0.1, 0.15) is 111 Å². The maximum Gasteiger partial charge on any atom is 0.408 e. The third kappa shape index (κ3) is 26.1. The zero-order valence-corrected chi connectivity index (χ0v) is 21.4. The molecule has 0 heterocycles. The Balaban J connectivity index is 3.32. The Morgan fingerprint density at radius 2 is 1.15 bits per heavy atom. The fourth-order valence-electron chi connectivity index (χ4n) is 3.11. The molecule has 0 bridgehead atoms. The molecular formula is C26H47NO6. The first-order valence-corrected chi connectivity index (χ1v) is 12.6. The number of esters is 2. The van der Waals surface area contributed by atoms with Gasteiger partial charge >= 0.3 is 18.0 Å². The quantitative estimate of drug-likeness (QED) is 0.104. The van der Waals surface area contributed by atoms with Crippen LogP contribution in [-0.2, 0) is 23.8 Å². The van der Waals surface area contributed by atoms with E-state index in [4.69, 9.17) is 14.2 Å². The SMILES string of the molecule is CC(=O)OCCCCCCC/C=C/CCCCCCCCOC(=O)CNC(=O)OC(C)(C)C. The molecule has 0 atom stereocenters. The van der Waals surface area contributed by atoms with E-state index in [2.05, 4.69) is 17.5 Å². The molecule has 0 aliphatic rings. The van der Waals surface area contributed by atoms with Crippen molar-refractivity contribution in [3.63, 3.8) is 0 Å². The lowest BCUT2D eigenvalue weighted by Gasteiger charge is -2.19. The van der Waals surface area contributed by atoms with Gasteiger partial charge in [0.1, 0.15) is 12.1 Å². The van der Waals surface area contributed by atoms with Gasteiger partial charge in [0.05, 0.1) is 13.2 Å². The van der Waals surface area contributed by atoms with Crippen molar-refractivity contribution >= 4 is 18.0 Å². The van der Waals surface area contributed by atoms with Gasteiger partial charge in [0.25, 0.3) is 0 Å². The average molecular weight is 470 g/mol. The van der Waals surface area contributed by atoms with Crippen molar-refractivity contribution in [2.75, 3.05) is 19.8 Å². The number of carbonyl (C=O) groups excluding carboxylic acids is 3. The lowest BCUT2D eigenvalue weighted by molar-refractivity contribution is -0.143. The molecule has 0 aliphatic heterocycles. The number of ether oxygens (including phenoxy) is 3. The maximum atomic E-state index is 11.6. The van der Waals surface area contributed by atoms with Crippen LogP contribution in [0.3, 0.4) is 0 Å². The van der Waals surface area contributed by atoms with Crippen LogP contribution in [-0.4, -0.2) is 43.4 Å². The molecule has 0 aromatic heterocycles. The molecule has 0 rings (SSSR count). The molecule has 1 N–H and O–H groups in total. The van der Waals surface area contributed by atoms with E-state index < -0.39 is 17.7 Å². The molecule has 1 amide bonds. The van der Waals surface area contributed by atoms with E-state index in [1.807, 2.05) is 0 Å². The number of rotatable bonds is 19. The predicted molar refractivity (Wildman–Crippen MR) is 131 cm³/mol. The number of alkyl carbamates (subject to hydrolysis) is 1. The molecule has 7 nitrogen and oxygen atoms in total. The summed E-state index contributed by atoms with van der Waals surface area (Å²) >= 11 is 0. The highest BCUT2D eigenvalue weighted by atomic mass is 16.6. The Morgan fingerprint density at radius 3 is 1.64 bits per heavy atom. The van der Waals surface area contributed by atoms with Gasteiger partial charge in [-0.25, -0.2) is 4.79 Å². The van der Waals surface area contributed by atoms with Gasteiger partial charge < -0.3 is 19.5 Å². The molecule has 0 unspecified atom stereocenters. The highest BCUT2D eigenvalue weighted by Crippen LogP contribution is 2.10. The molecule has 0 spiro atoms. The summed E-state index contributed by atoms with van der Waals surface area (Å²) in [4.78, 5) is 33.7. The van der Waals surface area contributed by atoms with Gasteiger partial charge in [0.15, 0.2) is 0 Å². The van der Waals surface area contributed by atoms with Crippen molar-refractivity contribution in [3.05, 3.63) is 12.2 Å². The highest BCUT2D eigenvalue weighted by Gasteiger charge is 2.16. The van der Waals surface area contributed by atoms with Gasteiger partial charge in [-0.3, -0.25) is 9.59 Å². The summed E-state index contributed by atoms with van der Waals surface area (Å²) in [5.41, 5.74) is -0.584. The third-order valence-corrected chi connectivity index (χ3v) is 4.79. The van der Waals surface area contributed by atoms with Crippen molar-refractivity contribution < 1.29 is 28.6 Å². The van der Waals surface area contributed by atoms with E-state index in [9.17, 15) is 14.4 Å². The summed E-state index contributed by atoms with van der Waals surface area (Å²) in [6.45, 7) is 7.54. The van der Waals surface area contributed by atoms with Gasteiger partial charge in [-0.15, -0.1) is 0 Å². The van der Waals surface area contributed by atoms with Crippen LogP contribution in [0.4, 0.5) is 4.79 Å². The second kappa shape index (κ2) is 20.5. The molecule has 0 aliphatic carbocycles. The van der Waals surface area contributed by atoms with Crippen molar-refractivity contribution in [3.8, 4) is 0 Å². The number of amides is 1. The van der Waals surface area contributed by atoms with Gasteiger partial charge in [-0.1, -0.05) is 57.1 Å². The summed E-state index contributed by atoms with van der Waals surface area (Å²) in [5.74, 6) is -0.627. The van der Waals surface area contributed by atoms with Crippen LogP contribution >= 0.6 is 0 Å². The molecule has 0 saturated carbocycles. The van der Waals surface area contributed by atoms with Crippen LogP contribution in [0.2, 0.25) is 0 Å². The molecule has 0 aromatic carbocycles. The van der Waals surface area contributed by atoms with Gasteiger partial charge in [-0.2, -0.15) is 0 Å². The smallest absolute Gasteiger partial charge is 0.408 e. The first kappa shape index (κ1) is 30.9. The fraction of sp³-hybridized carbons (Fsp3) is 0.808. The minimum absolute atomic E-state index is 0.167. The standard InChI is InChI=1S/C26H47NO6/c1-23(28)31-20-18-16-14-12-10-8-6-5-7-9-11-13-15-17-19-21-32-24(29)22-27-25(30)33-26(2,3)4/h5-6H,7-22H2,1-4H3,(H,27,30)/b6-5+. The van der Waals surface area contributed by atoms with E-state index in [1.54, 1.807) is 20.8 Å². The van der Waals surface area contributed by atoms with Crippen LogP contribution in [0.5, 0.6) is 0 Å². The van der Waals surface area contributed by atoms with Gasteiger partial charge in [0, 0.05) is 6.92 Å². The Hall–Kier alpha value is -2.05. The Bertz CT molecular complexity index is 553. The van der Waals surface area contributed by atoms with Crippen LogP contribution in [0.15, 0.2) is 12.2 Å². The van der Waals surface area contributed by atoms with Crippen molar-refractivity contribution in [2.45, 2.75) is 117 Å². The molecule has 192 valence electrons. The van der Waals surface area contributed by atoms with E-state index in [0.717, 1.165) is 44.9 Å². The predicted octanol–water partition coefficient (Wildman–Crippen LogP) is 6.24. The van der Waals surface area contributed by atoms with Crippen LogP contribution in [0, 0.1) is 0 Å². The zero-order chi connectivity index (χ0) is 24.8. The second-order valence-electron chi connectivity index (χ2n) is 9.35. The maximum absolute atomic E-state index is 11.6. The first-order valence-electron chi connectivity index (χ1n) is 12.6. The molecule has 0 fully saturated rings. The van der Waals surface area contributed by atoms with Crippen molar-refractivity contribution in [1.82, 2.24) is 5.32 Å². The summed E-state index contributed by atoms with van der Waals surface area (Å²) in [6.07, 6.45) is 18.7. The fourth-order valence-corrected chi connectivity index (χ4v) is 3.11. The van der Waals surface area contributed by atoms with E-state index in [0.29, 0.717) is 13.2 Å². The summed E-state index contributed by atoms with van der Waals surface area (Å²) in [7, 11) is 0. The topological polar surface area (TPSA) is 90.9 Å². The number of unbranched alkanes of at least 4 members (excludes halogenated alkanes) is 11. The van der Waals surface area contributed by atoms with E-state index in [1.165, 1.54) is 45.4 Å². The number of nitrogens with one attached hydrogen (secondary N) is 1.